The Morgan fingerprint density at radius 2 is 1.95 bits per heavy atom. The zero-order valence-corrected chi connectivity index (χ0v) is 11.7. The van der Waals surface area contributed by atoms with Crippen LogP contribution < -0.4 is 0 Å². The average Bonchev–Trinajstić information content (AvgIpc) is 2.78. The van der Waals surface area contributed by atoms with Crippen LogP contribution in [0.2, 0.25) is 0 Å². The number of imidazole rings is 1. The normalized spacial score (nSPS) is 12.4. The summed E-state index contributed by atoms with van der Waals surface area (Å²) in [6, 6.07) is 10.6. The van der Waals surface area contributed by atoms with Gasteiger partial charge < -0.3 is 4.57 Å². The molecule has 0 saturated carbocycles. The summed E-state index contributed by atoms with van der Waals surface area (Å²) in [6.07, 6.45) is 4.67. The molecule has 1 atom stereocenters. The van der Waals surface area contributed by atoms with E-state index in [1.165, 1.54) is 5.56 Å². The number of rotatable bonds is 4. The van der Waals surface area contributed by atoms with Gasteiger partial charge in [0, 0.05) is 19.4 Å². The van der Waals surface area contributed by atoms with Crippen LogP contribution in [-0.4, -0.2) is 9.55 Å². The van der Waals surface area contributed by atoms with Crippen molar-refractivity contribution in [1.82, 2.24) is 9.55 Å². The molecule has 1 heterocycles. The van der Waals surface area contributed by atoms with E-state index in [0.717, 1.165) is 17.8 Å². The Morgan fingerprint density at radius 1 is 1.26 bits per heavy atom. The number of benzene rings is 1. The van der Waals surface area contributed by atoms with Gasteiger partial charge in [0.25, 0.3) is 0 Å². The van der Waals surface area contributed by atoms with Gasteiger partial charge in [0.1, 0.15) is 11.7 Å². The summed E-state index contributed by atoms with van der Waals surface area (Å²) in [5.41, 5.74) is 2.32. The summed E-state index contributed by atoms with van der Waals surface area (Å²) < 4.78 is 1.90. The van der Waals surface area contributed by atoms with Crippen molar-refractivity contribution >= 4 is 0 Å². The molecule has 3 nitrogen and oxygen atoms in total. The summed E-state index contributed by atoms with van der Waals surface area (Å²) in [6.45, 7) is 4.42. The molecule has 98 valence electrons. The van der Waals surface area contributed by atoms with Crippen molar-refractivity contribution in [3.8, 4) is 6.07 Å². The molecule has 0 saturated heterocycles. The molecule has 19 heavy (non-hydrogen) atoms. The second-order valence-electron chi connectivity index (χ2n) is 5.30. The van der Waals surface area contributed by atoms with Gasteiger partial charge in [-0.1, -0.05) is 38.1 Å². The van der Waals surface area contributed by atoms with E-state index in [1.807, 2.05) is 29.9 Å². The minimum atomic E-state index is -0.298. The van der Waals surface area contributed by atoms with Crippen LogP contribution in [0.15, 0.2) is 36.7 Å². The van der Waals surface area contributed by atoms with Crippen LogP contribution in [0.4, 0.5) is 0 Å². The van der Waals surface area contributed by atoms with Crippen molar-refractivity contribution < 1.29 is 0 Å². The molecule has 0 spiro atoms. The smallest absolute Gasteiger partial charge is 0.130 e. The van der Waals surface area contributed by atoms with E-state index in [2.05, 4.69) is 37.0 Å². The van der Waals surface area contributed by atoms with E-state index >= 15 is 0 Å². The highest BCUT2D eigenvalue weighted by atomic mass is 15.0. The van der Waals surface area contributed by atoms with Crippen molar-refractivity contribution in [3.63, 3.8) is 0 Å². The lowest BCUT2D eigenvalue weighted by Gasteiger charge is -2.11. The first kappa shape index (κ1) is 13.4. The lowest BCUT2D eigenvalue weighted by Crippen LogP contribution is -2.06. The highest BCUT2D eigenvalue weighted by Crippen LogP contribution is 2.23. The summed E-state index contributed by atoms with van der Waals surface area (Å²) in [5.74, 6) is 1.14. The Labute approximate surface area is 114 Å². The molecule has 0 radical (unpaired) electrons. The van der Waals surface area contributed by atoms with Crippen molar-refractivity contribution in [1.29, 1.82) is 5.26 Å². The fourth-order valence-corrected chi connectivity index (χ4v) is 2.25. The van der Waals surface area contributed by atoms with E-state index < -0.39 is 0 Å². The Morgan fingerprint density at radius 3 is 2.42 bits per heavy atom. The monoisotopic (exact) mass is 253 g/mol. The van der Waals surface area contributed by atoms with Crippen LogP contribution in [0, 0.1) is 17.2 Å². The minimum absolute atomic E-state index is 0.298. The highest BCUT2D eigenvalue weighted by molar-refractivity contribution is 5.34. The van der Waals surface area contributed by atoms with E-state index in [-0.39, 0.29) is 5.92 Å². The minimum Gasteiger partial charge on any atom is -0.337 e. The first-order chi connectivity index (χ1) is 9.11. The zero-order valence-electron chi connectivity index (χ0n) is 11.7. The zero-order chi connectivity index (χ0) is 13.8. The van der Waals surface area contributed by atoms with Crippen LogP contribution in [0.3, 0.4) is 0 Å². The van der Waals surface area contributed by atoms with E-state index in [1.54, 1.807) is 6.20 Å². The third kappa shape index (κ3) is 3.03. The van der Waals surface area contributed by atoms with Gasteiger partial charge in [0.15, 0.2) is 0 Å². The first-order valence-corrected chi connectivity index (χ1v) is 6.57. The number of aromatic nitrogens is 2. The number of nitrogens with zero attached hydrogens (tertiary/aromatic N) is 3. The van der Waals surface area contributed by atoms with Gasteiger partial charge in [-0.25, -0.2) is 4.98 Å². The molecular formula is C16H19N3. The molecule has 1 unspecified atom stereocenters. The Hall–Kier alpha value is -2.08. The maximum absolute atomic E-state index is 9.39. The quantitative estimate of drug-likeness (QED) is 0.839. The number of nitriles is 1. The van der Waals surface area contributed by atoms with Crippen molar-refractivity contribution in [2.75, 3.05) is 0 Å². The summed E-state index contributed by atoms with van der Waals surface area (Å²) in [4.78, 5) is 4.27. The maximum atomic E-state index is 9.39. The summed E-state index contributed by atoms with van der Waals surface area (Å²) >= 11 is 0. The molecule has 2 aromatic rings. The van der Waals surface area contributed by atoms with Gasteiger partial charge in [0.05, 0.1) is 6.07 Å². The first-order valence-electron chi connectivity index (χ1n) is 6.57. The molecule has 0 amide bonds. The number of aryl methyl sites for hydroxylation is 1. The fraction of sp³-hybridized carbons (Fsp3) is 0.375. The molecule has 1 aromatic carbocycles. The van der Waals surface area contributed by atoms with Crippen LogP contribution in [0.25, 0.3) is 0 Å². The molecule has 0 aliphatic carbocycles. The van der Waals surface area contributed by atoms with Crippen LogP contribution in [-0.2, 0) is 13.5 Å². The van der Waals surface area contributed by atoms with Gasteiger partial charge in [-0.2, -0.15) is 5.26 Å². The molecule has 1 aromatic heterocycles. The van der Waals surface area contributed by atoms with Gasteiger partial charge in [-0.15, -0.1) is 0 Å². The Bertz CT molecular complexity index is 573. The van der Waals surface area contributed by atoms with Gasteiger partial charge in [0.2, 0.25) is 0 Å². The number of hydrogen-bond acceptors (Lipinski definition) is 2. The van der Waals surface area contributed by atoms with Gasteiger partial charge in [-0.05, 0) is 23.5 Å². The fourth-order valence-electron chi connectivity index (χ4n) is 2.25. The molecule has 0 aliphatic rings. The van der Waals surface area contributed by atoms with E-state index in [0.29, 0.717) is 5.92 Å². The Balaban J connectivity index is 2.26. The average molecular weight is 253 g/mol. The van der Waals surface area contributed by atoms with Crippen LogP contribution in [0.1, 0.15) is 36.7 Å². The molecule has 3 heteroatoms. The van der Waals surface area contributed by atoms with Gasteiger partial charge in [-0.3, -0.25) is 0 Å². The second kappa shape index (κ2) is 5.71. The van der Waals surface area contributed by atoms with Crippen LogP contribution >= 0.6 is 0 Å². The summed E-state index contributed by atoms with van der Waals surface area (Å²) in [5, 5.41) is 9.39. The lowest BCUT2D eigenvalue weighted by atomic mass is 9.96. The SMILES string of the molecule is CC(C)Cc1ccc(C(C#N)c2nccn2C)cc1. The lowest BCUT2D eigenvalue weighted by molar-refractivity contribution is 0.647. The Kier molecular flexibility index (Phi) is 4.01. The van der Waals surface area contributed by atoms with Gasteiger partial charge >= 0.3 is 0 Å². The van der Waals surface area contributed by atoms with Crippen molar-refractivity contribution in [2.45, 2.75) is 26.2 Å². The molecule has 0 N–H and O–H groups in total. The molecule has 2 rings (SSSR count). The molecule has 0 aliphatic heterocycles. The second-order valence-corrected chi connectivity index (χ2v) is 5.30. The van der Waals surface area contributed by atoms with E-state index in [9.17, 15) is 5.26 Å². The summed E-state index contributed by atoms with van der Waals surface area (Å²) in [7, 11) is 1.92. The standard InChI is InChI=1S/C16H19N3/c1-12(2)10-13-4-6-14(7-5-13)15(11-17)16-18-8-9-19(16)3/h4-9,12,15H,10H2,1-3H3. The predicted molar refractivity (Wildman–Crippen MR) is 75.6 cm³/mol. The molecular weight excluding hydrogens is 234 g/mol. The maximum Gasteiger partial charge on any atom is 0.130 e. The van der Waals surface area contributed by atoms with E-state index in [4.69, 9.17) is 0 Å². The van der Waals surface area contributed by atoms with Crippen molar-refractivity contribution in [3.05, 3.63) is 53.6 Å². The molecule has 0 fully saturated rings. The largest absolute Gasteiger partial charge is 0.337 e. The third-order valence-corrected chi connectivity index (χ3v) is 3.20. The predicted octanol–water partition coefficient (Wildman–Crippen LogP) is 3.27. The topological polar surface area (TPSA) is 41.6 Å². The molecule has 0 bridgehead atoms. The number of hydrogen-bond donors (Lipinski definition) is 0. The van der Waals surface area contributed by atoms with Crippen molar-refractivity contribution in [2.24, 2.45) is 13.0 Å². The highest BCUT2D eigenvalue weighted by Gasteiger charge is 2.17. The van der Waals surface area contributed by atoms with Crippen LogP contribution in [0.5, 0.6) is 0 Å². The third-order valence-electron chi connectivity index (χ3n) is 3.20.